The maximum Gasteiger partial charge on any atom is 0.262 e. The van der Waals surface area contributed by atoms with Crippen molar-refractivity contribution < 1.29 is 14.3 Å². The second kappa shape index (κ2) is 6.52. The van der Waals surface area contributed by atoms with Crippen molar-refractivity contribution in [3.8, 4) is 5.75 Å². The largest absolute Gasteiger partial charge is 0.492 e. The molecule has 2 aliphatic carbocycles. The molecule has 0 saturated heterocycles. The molecule has 1 aliphatic heterocycles. The zero-order valence-electron chi connectivity index (χ0n) is 15.3. The molecule has 138 valence electrons. The van der Waals surface area contributed by atoms with Crippen LogP contribution in [0.5, 0.6) is 5.75 Å². The first-order chi connectivity index (χ1) is 13.2. The minimum atomic E-state index is -0.197. The Morgan fingerprint density at radius 2 is 1.70 bits per heavy atom. The molecule has 4 nitrogen and oxygen atoms in total. The van der Waals surface area contributed by atoms with Gasteiger partial charge in [-0.2, -0.15) is 0 Å². The fraction of sp³-hybridized carbons (Fsp3) is 0.391. The van der Waals surface area contributed by atoms with Gasteiger partial charge in [0.1, 0.15) is 11.5 Å². The molecule has 1 heterocycles. The molecule has 1 atom stereocenters. The Bertz CT molecular complexity index is 898. The first-order valence-electron chi connectivity index (χ1n) is 9.88. The summed E-state index contributed by atoms with van der Waals surface area (Å²) in [4.78, 5) is 27.9. The summed E-state index contributed by atoms with van der Waals surface area (Å²) in [6.45, 7) is 1.11. The van der Waals surface area contributed by atoms with E-state index >= 15 is 0 Å². The number of nitrogens with zero attached hydrogens (tertiary/aromatic N) is 1. The average molecular weight is 361 g/mol. The van der Waals surface area contributed by atoms with E-state index in [9.17, 15) is 9.59 Å². The highest BCUT2D eigenvalue weighted by Crippen LogP contribution is 2.43. The zero-order valence-corrected chi connectivity index (χ0v) is 15.3. The van der Waals surface area contributed by atoms with Crippen LogP contribution >= 0.6 is 0 Å². The number of rotatable bonds is 6. The van der Waals surface area contributed by atoms with Gasteiger partial charge in [-0.25, -0.2) is 0 Å². The summed E-state index contributed by atoms with van der Waals surface area (Å²) in [5.74, 6) is 1.46. The minimum Gasteiger partial charge on any atom is -0.492 e. The summed E-state index contributed by atoms with van der Waals surface area (Å²) >= 11 is 0. The van der Waals surface area contributed by atoms with E-state index in [0.717, 1.165) is 24.1 Å². The molecule has 0 radical (unpaired) electrons. The first kappa shape index (κ1) is 16.5. The number of para-hydroxylation sites is 2. The molecule has 5 rings (SSSR count). The number of hydrogen-bond acceptors (Lipinski definition) is 3. The monoisotopic (exact) mass is 361 g/mol. The number of amides is 1. The number of Topliss-reactive ketones (excluding diaryl/α,β-unsaturated/α-hetero) is 1. The van der Waals surface area contributed by atoms with Gasteiger partial charge in [-0.1, -0.05) is 30.3 Å². The first-order valence-corrected chi connectivity index (χ1v) is 9.88. The number of ether oxygens (including phenoxy) is 1. The van der Waals surface area contributed by atoms with Crippen LogP contribution in [-0.2, 0) is 4.79 Å². The van der Waals surface area contributed by atoms with Gasteiger partial charge in [0.05, 0.1) is 18.1 Å². The maximum absolute atomic E-state index is 13.4. The van der Waals surface area contributed by atoms with Gasteiger partial charge in [0.25, 0.3) is 5.91 Å². The van der Waals surface area contributed by atoms with Crippen molar-refractivity contribution in [2.75, 3.05) is 18.1 Å². The lowest BCUT2D eigenvalue weighted by Gasteiger charge is -2.20. The van der Waals surface area contributed by atoms with Gasteiger partial charge in [-0.15, -0.1) is 0 Å². The summed E-state index contributed by atoms with van der Waals surface area (Å²) in [6.07, 6.45) is 4.40. The Hall–Kier alpha value is -2.62. The fourth-order valence-corrected chi connectivity index (χ4v) is 3.90. The van der Waals surface area contributed by atoms with Gasteiger partial charge >= 0.3 is 0 Å². The second-order valence-corrected chi connectivity index (χ2v) is 7.95. The number of hydrogen-bond donors (Lipinski definition) is 0. The number of carbonyl (C=O) groups excluding carboxylic acids is 2. The van der Waals surface area contributed by atoms with E-state index in [1.165, 1.54) is 12.8 Å². The third-order valence-corrected chi connectivity index (χ3v) is 5.83. The van der Waals surface area contributed by atoms with Crippen LogP contribution in [0.15, 0.2) is 48.5 Å². The topological polar surface area (TPSA) is 46.6 Å². The summed E-state index contributed by atoms with van der Waals surface area (Å²) < 4.78 is 5.94. The molecule has 0 N–H and O–H groups in total. The van der Waals surface area contributed by atoms with E-state index in [-0.39, 0.29) is 23.5 Å². The fourth-order valence-electron chi connectivity index (χ4n) is 3.90. The number of carbonyl (C=O) groups is 2. The predicted octanol–water partition coefficient (Wildman–Crippen LogP) is 4.20. The van der Waals surface area contributed by atoms with Crippen LogP contribution in [0.25, 0.3) is 0 Å². The van der Waals surface area contributed by atoms with E-state index < -0.39 is 0 Å². The van der Waals surface area contributed by atoms with Crippen LogP contribution in [0.1, 0.15) is 47.5 Å². The van der Waals surface area contributed by atoms with Crippen LogP contribution < -0.4 is 9.64 Å². The van der Waals surface area contributed by atoms with Crippen molar-refractivity contribution in [2.45, 2.75) is 31.6 Å². The van der Waals surface area contributed by atoms with Crippen molar-refractivity contribution in [3.05, 3.63) is 59.7 Å². The summed E-state index contributed by atoms with van der Waals surface area (Å²) in [7, 11) is 0. The van der Waals surface area contributed by atoms with Crippen molar-refractivity contribution in [1.82, 2.24) is 0 Å². The molecule has 1 amide bonds. The highest BCUT2D eigenvalue weighted by molar-refractivity contribution is 6.11. The lowest BCUT2D eigenvalue weighted by atomic mass is 9.94. The zero-order chi connectivity index (χ0) is 18.4. The maximum atomic E-state index is 13.4. The van der Waals surface area contributed by atoms with Crippen molar-refractivity contribution in [3.63, 3.8) is 0 Å². The molecule has 27 heavy (non-hydrogen) atoms. The standard InChI is InChI=1S/C23H23NO3/c25-22(16-11-12-16)19-13-24(20-7-3-1-5-17(19)20)23(26)18-6-2-4-8-21(18)27-14-15-9-10-15/h1-8,15-16,19H,9-14H2. The third kappa shape index (κ3) is 3.14. The smallest absolute Gasteiger partial charge is 0.262 e. The highest BCUT2D eigenvalue weighted by atomic mass is 16.5. The Morgan fingerprint density at radius 3 is 2.48 bits per heavy atom. The van der Waals surface area contributed by atoms with E-state index in [1.54, 1.807) is 4.90 Å². The Labute approximate surface area is 159 Å². The molecule has 1 unspecified atom stereocenters. The third-order valence-electron chi connectivity index (χ3n) is 5.83. The SMILES string of the molecule is O=C(C1CC1)C1CN(C(=O)c2ccccc2OCC2CC2)c2ccccc21. The van der Waals surface area contributed by atoms with Gasteiger partial charge in [0, 0.05) is 18.2 Å². The Morgan fingerprint density at radius 1 is 0.963 bits per heavy atom. The average Bonchev–Trinajstić information content (AvgIpc) is 3.62. The second-order valence-electron chi connectivity index (χ2n) is 7.95. The molecular weight excluding hydrogens is 338 g/mol. The number of fused-ring (bicyclic) bond motifs is 1. The number of benzene rings is 2. The van der Waals surface area contributed by atoms with E-state index in [2.05, 4.69) is 0 Å². The van der Waals surface area contributed by atoms with Crippen molar-refractivity contribution >= 4 is 17.4 Å². The highest BCUT2D eigenvalue weighted by Gasteiger charge is 2.42. The van der Waals surface area contributed by atoms with Crippen LogP contribution in [-0.4, -0.2) is 24.8 Å². The molecule has 0 spiro atoms. The van der Waals surface area contributed by atoms with Gasteiger partial charge in [0.2, 0.25) is 0 Å². The van der Waals surface area contributed by atoms with Crippen LogP contribution in [0.2, 0.25) is 0 Å². The molecule has 0 aromatic heterocycles. The Balaban J connectivity index is 1.44. The molecule has 3 aliphatic rings. The lowest BCUT2D eigenvalue weighted by Crippen LogP contribution is -2.32. The van der Waals surface area contributed by atoms with E-state index in [1.807, 2.05) is 48.5 Å². The van der Waals surface area contributed by atoms with Crippen LogP contribution in [0.3, 0.4) is 0 Å². The number of ketones is 1. The molecule has 2 fully saturated rings. The van der Waals surface area contributed by atoms with Crippen molar-refractivity contribution in [2.24, 2.45) is 11.8 Å². The molecule has 2 aromatic carbocycles. The van der Waals surface area contributed by atoms with Crippen LogP contribution in [0, 0.1) is 11.8 Å². The Kier molecular flexibility index (Phi) is 4.00. The summed E-state index contributed by atoms with van der Waals surface area (Å²) in [6, 6.07) is 15.3. The summed E-state index contributed by atoms with van der Waals surface area (Å²) in [5.41, 5.74) is 2.42. The predicted molar refractivity (Wildman–Crippen MR) is 103 cm³/mol. The number of anilines is 1. The quantitative estimate of drug-likeness (QED) is 0.775. The minimum absolute atomic E-state index is 0.0834. The molecule has 2 saturated carbocycles. The normalized spacial score (nSPS) is 21.0. The van der Waals surface area contributed by atoms with E-state index in [0.29, 0.717) is 30.4 Å². The molecule has 0 bridgehead atoms. The van der Waals surface area contributed by atoms with Gasteiger partial charge in [-0.3, -0.25) is 9.59 Å². The lowest BCUT2D eigenvalue weighted by molar-refractivity contribution is -0.121. The molecule has 4 heteroatoms. The summed E-state index contributed by atoms with van der Waals surface area (Å²) in [5, 5.41) is 0. The van der Waals surface area contributed by atoms with Gasteiger partial charge in [0.15, 0.2) is 0 Å². The van der Waals surface area contributed by atoms with E-state index in [4.69, 9.17) is 4.74 Å². The van der Waals surface area contributed by atoms with Crippen molar-refractivity contribution in [1.29, 1.82) is 0 Å². The molecule has 2 aromatic rings. The van der Waals surface area contributed by atoms with Gasteiger partial charge in [-0.05, 0) is 55.4 Å². The molecular formula is C23H23NO3. The van der Waals surface area contributed by atoms with Gasteiger partial charge < -0.3 is 9.64 Å². The van der Waals surface area contributed by atoms with Crippen LogP contribution in [0.4, 0.5) is 5.69 Å².